The third-order valence-corrected chi connectivity index (χ3v) is 4.32. The zero-order chi connectivity index (χ0) is 16.9. The number of hydrogen-bond acceptors (Lipinski definition) is 5. The number of likely N-dealkylation sites (tertiary alicyclic amines) is 1. The van der Waals surface area contributed by atoms with Gasteiger partial charge in [-0.05, 0) is 12.8 Å². The van der Waals surface area contributed by atoms with Gasteiger partial charge in [-0.3, -0.25) is 9.89 Å². The number of nitrogens with zero attached hydrogens (tertiary/aromatic N) is 3. The minimum atomic E-state index is -0.608. The number of nitrogens with two attached hydrogens (primary N) is 1. The lowest BCUT2D eigenvalue weighted by Gasteiger charge is -2.33. The van der Waals surface area contributed by atoms with Gasteiger partial charge < -0.3 is 15.4 Å². The first kappa shape index (κ1) is 16.6. The molecule has 1 fully saturated rings. The van der Waals surface area contributed by atoms with Crippen molar-refractivity contribution in [3.8, 4) is 11.4 Å². The second-order valence-electron chi connectivity index (χ2n) is 6.10. The van der Waals surface area contributed by atoms with E-state index in [1.807, 2.05) is 35.2 Å². The SMILES string of the molecule is COCC(N)C(=O)N1CCCC(c2nc(-c3ccccc3)n[nH]2)C1. The first-order valence-corrected chi connectivity index (χ1v) is 8.20. The number of benzene rings is 1. The van der Waals surface area contributed by atoms with Crippen LogP contribution in [-0.2, 0) is 9.53 Å². The smallest absolute Gasteiger partial charge is 0.241 e. The summed E-state index contributed by atoms with van der Waals surface area (Å²) in [6.45, 7) is 1.58. The van der Waals surface area contributed by atoms with Crippen molar-refractivity contribution in [3.05, 3.63) is 36.2 Å². The van der Waals surface area contributed by atoms with Gasteiger partial charge in [-0.25, -0.2) is 4.98 Å². The summed E-state index contributed by atoms with van der Waals surface area (Å²) < 4.78 is 4.98. The summed E-state index contributed by atoms with van der Waals surface area (Å²) in [6.07, 6.45) is 1.91. The van der Waals surface area contributed by atoms with Crippen molar-refractivity contribution >= 4 is 5.91 Å². The van der Waals surface area contributed by atoms with E-state index in [0.29, 0.717) is 12.4 Å². The molecule has 2 heterocycles. The van der Waals surface area contributed by atoms with E-state index < -0.39 is 6.04 Å². The van der Waals surface area contributed by atoms with Crippen LogP contribution < -0.4 is 5.73 Å². The van der Waals surface area contributed by atoms with Gasteiger partial charge in [-0.15, -0.1) is 0 Å². The molecule has 1 aromatic carbocycles. The van der Waals surface area contributed by atoms with E-state index in [1.165, 1.54) is 0 Å². The van der Waals surface area contributed by atoms with Crippen LogP contribution in [0.4, 0.5) is 0 Å². The van der Waals surface area contributed by atoms with E-state index in [9.17, 15) is 4.79 Å². The summed E-state index contributed by atoms with van der Waals surface area (Å²) in [5.74, 6) is 1.60. The largest absolute Gasteiger partial charge is 0.383 e. The summed E-state index contributed by atoms with van der Waals surface area (Å²) in [7, 11) is 1.55. The molecule has 0 spiro atoms. The Labute approximate surface area is 141 Å². The van der Waals surface area contributed by atoms with Gasteiger partial charge in [-0.2, -0.15) is 5.10 Å². The Hall–Kier alpha value is -2.25. The van der Waals surface area contributed by atoms with Gasteiger partial charge in [0.1, 0.15) is 11.9 Å². The summed E-state index contributed by atoms with van der Waals surface area (Å²) in [4.78, 5) is 18.8. The van der Waals surface area contributed by atoms with Gasteiger partial charge in [-0.1, -0.05) is 30.3 Å². The predicted octanol–water partition coefficient (Wildman–Crippen LogP) is 1.15. The minimum Gasteiger partial charge on any atom is -0.383 e. The normalized spacial score (nSPS) is 19.2. The van der Waals surface area contributed by atoms with Crippen molar-refractivity contribution in [2.45, 2.75) is 24.8 Å². The molecule has 1 amide bonds. The monoisotopic (exact) mass is 329 g/mol. The number of aromatic amines is 1. The molecule has 24 heavy (non-hydrogen) atoms. The van der Waals surface area contributed by atoms with Crippen LogP contribution in [0, 0.1) is 0 Å². The van der Waals surface area contributed by atoms with Crippen LogP contribution >= 0.6 is 0 Å². The fourth-order valence-electron chi connectivity index (χ4n) is 3.06. The fourth-order valence-corrected chi connectivity index (χ4v) is 3.06. The summed E-state index contributed by atoms with van der Waals surface area (Å²) in [5.41, 5.74) is 6.85. The highest BCUT2D eigenvalue weighted by Gasteiger charge is 2.29. The van der Waals surface area contributed by atoms with E-state index >= 15 is 0 Å². The maximum Gasteiger partial charge on any atom is 0.241 e. The van der Waals surface area contributed by atoms with Gasteiger partial charge in [0, 0.05) is 31.7 Å². The number of ether oxygens (including phenoxy) is 1. The number of methoxy groups -OCH3 is 1. The Morgan fingerprint density at radius 3 is 3.00 bits per heavy atom. The number of aromatic nitrogens is 3. The predicted molar refractivity (Wildman–Crippen MR) is 90.2 cm³/mol. The molecular formula is C17H23N5O2. The van der Waals surface area contributed by atoms with Gasteiger partial charge in [0.05, 0.1) is 6.61 Å². The number of H-pyrrole nitrogens is 1. The van der Waals surface area contributed by atoms with Crippen LogP contribution in [0.5, 0.6) is 0 Å². The number of nitrogens with one attached hydrogen (secondary N) is 1. The van der Waals surface area contributed by atoms with Gasteiger partial charge in [0.15, 0.2) is 5.82 Å². The van der Waals surface area contributed by atoms with Crippen LogP contribution in [0.25, 0.3) is 11.4 Å². The topological polar surface area (TPSA) is 97.1 Å². The van der Waals surface area contributed by atoms with Crippen LogP contribution in [0.3, 0.4) is 0 Å². The number of hydrogen-bond donors (Lipinski definition) is 2. The molecule has 0 radical (unpaired) electrons. The van der Waals surface area contributed by atoms with Crippen LogP contribution in [0.15, 0.2) is 30.3 Å². The van der Waals surface area contributed by atoms with E-state index in [4.69, 9.17) is 10.5 Å². The Morgan fingerprint density at radius 1 is 1.46 bits per heavy atom. The molecule has 1 aromatic heterocycles. The second-order valence-corrected chi connectivity index (χ2v) is 6.10. The van der Waals surface area contributed by atoms with Crippen molar-refractivity contribution in [2.24, 2.45) is 5.73 Å². The lowest BCUT2D eigenvalue weighted by atomic mass is 9.97. The fraction of sp³-hybridized carbons (Fsp3) is 0.471. The highest BCUT2D eigenvalue weighted by atomic mass is 16.5. The standard InChI is InChI=1S/C17H23N5O2/c1-24-11-14(18)17(23)22-9-5-8-13(10-22)16-19-15(20-21-16)12-6-3-2-4-7-12/h2-4,6-7,13-14H,5,8-11,18H2,1H3,(H,19,20,21). The summed E-state index contributed by atoms with van der Waals surface area (Å²) in [6, 6.07) is 9.24. The number of carbonyl (C=O) groups is 1. The molecule has 2 aromatic rings. The quantitative estimate of drug-likeness (QED) is 0.858. The van der Waals surface area contributed by atoms with Crippen LogP contribution in [0.1, 0.15) is 24.6 Å². The number of rotatable bonds is 5. The molecule has 2 atom stereocenters. The van der Waals surface area contributed by atoms with Crippen molar-refractivity contribution in [1.29, 1.82) is 0 Å². The maximum atomic E-state index is 12.4. The molecule has 7 heteroatoms. The number of amides is 1. The molecule has 1 aliphatic rings. The Kier molecular flexibility index (Phi) is 5.22. The van der Waals surface area contributed by atoms with Crippen molar-refractivity contribution in [1.82, 2.24) is 20.1 Å². The lowest BCUT2D eigenvalue weighted by molar-refractivity contribution is -0.135. The highest BCUT2D eigenvalue weighted by Crippen LogP contribution is 2.26. The molecule has 2 unspecified atom stereocenters. The van der Waals surface area contributed by atoms with Crippen molar-refractivity contribution in [2.75, 3.05) is 26.8 Å². The van der Waals surface area contributed by atoms with Crippen LogP contribution in [0.2, 0.25) is 0 Å². The Balaban J connectivity index is 1.69. The molecule has 0 saturated carbocycles. The molecule has 0 aliphatic carbocycles. The summed E-state index contributed by atoms with van der Waals surface area (Å²) in [5, 5.41) is 7.34. The molecule has 128 valence electrons. The molecule has 1 saturated heterocycles. The zero-order valence-electron chi connectivity index (χ0n) is 13.8. The van der Waals surface area contributed by atoms with E-state index in [0.717, 1.165) is 30.8 Å². The molecule has 7 nitrogen and oxygen atoms in total. The zero-order valence-corrected chi connectivity index (χ0v) is 13.8. The van der Waals surface area contributed by atoms with E-state index in [2.05, 4.69) is 15.2 Å². The average Bonchev–Trinajstić information content (AvgIpc) is 3.12. The Morgan fingerprint density at radius 2 is 2.25 bits per heavy atom. The van der Waals surface area contributed by atoms with Gasteiger partial charge in [0.25, 0.3) is 0 Å². The van der Waals surface area contributed by atoms with Gasteiger partial charge in [0.2, 0.25) is 5.91 Å². The van der Waals surface area contributed by atoms with Crippen LogP contribution in [-0.4, -0.2) is 58.8 Å². The average molecular weight is 329 g/mol. The first-order chi connectivity index (χ1) is 11.7. The minimum absolute atomic E-state index is 0.0654. The molecule has 3 rings (SSSR count). The molecular weight excluding hydrogens is 306 g/mol. The Bertz CT molecular complexity index is 673. The highest BCUT2D eigenvalue weighted by molar-refractivity contribution is 5.82. The van der Waals surface area contributed by atoms with Crippen molar-refractivity contribution < 1.29 is 9.53 Å². The maximum absolute atomic E-state index is 12.4. The summed E-state index contributed by atoms with van der Waals surface area (Å²) >= 11 is 0. The number of carbonyl (C=O) groups excluding carboxylic acids is 1. The third-order valence-electron chi connectivity index (χ3n) is 4.32. The lowest BCUT2D eigenvalue weighted by Crippen LogP contribution is -2.49. The van der Waals surface area contributed by atoms with E-state index in [-0.39, 0.29) is 18.4 Å². The van der Waals surface area contributed by atoms with Gasteiger partial charge >= 0.3 is 0 Å². The molecule has 0 bridgehead atoms. The van der Waals surface area contributed by atoms with E-state index in [1.54, 1.807) is 7.11 Å². The second kappa shape index (κ2) is 7.55. The van der Waals surface area contributed by atoms with Crippen molar-refractivity contribution in [3.63, 3.8) is 0 Å². The molecule has 3 N–H and O–H groups in total. The molecule has 1 aliphatic heterocycles. The first-order valence-electron chi connectivity index (χ1n) is 8.20. The third kappa shape index (κ3) is 3.63. The number of piperidine rings is 1.